The summed E-state index contributed by atoms with van der Waals surface area (Å²) in [6, 6.07) is 15.0. The summed E-state index contributed by atoms with van der Waals surface area (Å²) in [5, 5.41) is 33.6. The number of anilines is 1. The molecule has 1 aliphatic heterocycles. The lowest BCUT2D eigenvalue weighted by atomic mass is 10.1. The predicted molar refractivity (Wildman–Crippen MR) is 129 cm³/mol. The first kappa shape index (κ1) is 23.9. The van der Waals surface area contributed by atoms with E-state index >= 15 is 0 Å². The minimum absolute atomic E-state index is 0.00484. The molecule has 0 unspecified atom stereocenters. The molecule has 9 heteroatoms. The van der Waals surface area contributed by atoms with Crippen molar-refractivity contribution in [3.63, 3.8) is 0 Å². The number of nitrogens with one attached hydrogen (secondary N) is 2. The molecule has 1 fully saturated rings. The number of hydrogen-bond donors (Lipinski definition) is 5. The molecule has 9 nitrogen and oxygen atoms in total. The lowest BCUT2D eigenvalue weighted by Gasteiger charge is -2.18. The minimum atomic E-state index is -0.677. The van der Waals surface area contributed by atoms with Gasteiger partial charge in [-0.15, -0.1) is 0 Å². The fourth-order valence-electron chi connectivity index (χ4n) is 4.03. The molecule has 34 heavy (non-hydrogen) atoms. The quantitative estimate of drug-likeness (QED) is 0.288. The van der Waals surface area contributed by atoms with E-state index in [1.807, 2.05) is 48.5 Å². The Morgan fingerprint density at radius 3 is 2.74 bits per heavy atom. The van der Waals surface area contributed by atoms with Crippen LogP contribution in [0.15, 0.2) is 54.6 Å². The monoisotopic (exact) mass is 466 g/mol. The summed E-state index contributed by atoms with van der Waals surface area (Å²) in [7, 11) is 0. The normalized spacial score (nSPS) is 18.2. The number of fused-ring (bicyclic) bond motifs is 1. The lowest BCUT2D eigenvalue weighted by molar-refractivity contribution is -0.117. The number of aliphatic hydroxyl groups excluding tert-OH is 3. The van der Waals surface area contributed by atoms with E-state index in [1.165, 1.54) is 6.08 Å². The summed E-state index contributed by atoms with van der Waals surface area (Å²) in [4.78, 5) is 16.7. The number of carbonyl (C=O) groups excluding carboxylic acids is 1. The molecule has 3 aromatic rings. The predicted octanol–water partition coefficient (Wildman–Crippen LogP) is 1.80. The fourth-order valence-corrected chi connectivity index (χ4v) is 4.03. The Labute approximate surface area is 197 Å². The van der Waals surface area contributed by atoms with Gasteiger partial charge in [0.25, 0.3) is 0 Å². The molecule has 0 radical (unpaired) electrons. The first-order chi connectivity index (χ1) is 16.6. The van der Waals surface area contributed by atoms with Crippen molar-refractivity contribution in [3.8, 4) is 0 Å². The third-order valence-corrected chi connectivity index (χ3v) is 5.79. The van der Waals surface area contributed by atoms with E-state index in [-0.39, 0.29) is 38.1 Å². The van der Waals surface area contributed by atoms with Gasteiger partial charge in [-0.05, 0) is 48.2 Å². The van der Waals surface area contributed by atoms with Gasteiger partial charge in [-0.2, -0.15) is 0 Å². The maximum Gasteiger partial charge on any atom is 0.244 e. The van der Waals surface area contributed by atoms with Gasteiger partial charge in [0, 0.05) is 12.6 Å². The van der Waals surface area contributed by atoms with Crippen LogP contribution in [-0.4, -0.2) is 62.7 Å². The summed E-state index contributed by atoms with van der Waals surface area (Å²) in [6.07, 6.45) is 4.30. The van der Waals surface area contributed by atoms with E-state index in [0.29, 0.717) is 12.5 Å². The molecule has 2 heterocycles. The highest BCUT2D eigenvalue weighted by Crippen LogP contribution is 2.34. The molecule has 180 valence electrons. The van der Waals surface area contributed by atoms with Crippen LogP contribution in [0.1, 0.15) is 30.2 Å². The van der Waals surface area contributed by atoms with E-state index in [2.05, 4.69) is 15.2 Å². The minimum Gasteiger partial charge on any atom is -0.394 e. The van der Waals surface area contributed by atoms with Crippen LogP contribution in [0.4, 0.5) is 5.95 Å². The topological polar surface area (TPSA) is 129 Å². The third-order valence-electron chi connectivity index (χ3n) is 5.79. The Morgan fingerprint density at radius 1 is 1.15 bits per heavy atom. The molecule has 2 atom stereocenters. The summed E-state index contributed by atoms with van der Waals surface area (Å²) in [6.45, 7) is -0.127. The maximum absolute atomic E-state index is 12.0. The zero-order valence-electron chi connectivity index (χ0n) is 18.8. The van der Waals surface area contributed by atoms with Gasteiger partial charge in [0.15, 0.2) is 0 Å². The number of nitrogens with zero attached hydrogens (tertiary/aromatic N) is 2. The molecule has 0 spiro atoms. The first-order valence-corrected chi connectivity index (χ1v) is 11.4. The smallest absolute Gasteiger partial charge is 0.244 e. The molecular formula is C25H30N4O5. The second-order valence-electron chi connectivity index (χ2n) is 8.27. The van der Waals surface area contributed by atoms with Crippen LogP contribution < -0.4 is 10.6 Å². The van der Waals surface area contributed by atoms with Crippen molar-refractivity contribution in [3.05, 3.63) is 65.7 Å². The summed E-state index contributed by atoms with van der Waals surface area (Å²) < 4.78 is 8.08. The van der Waals surface area contributed by atoms with Crippen LogP contribution in [-0.2, 0) is 16.1 Å². The van der Waals surface area contributed by atoms with Gasteiger partial charge >= 0.3 is 0 Å². The second kappa shape index (κ2) is 11.3. The summed E-state index contributed by atoms with van der Waals surface area (Å²) in [5.41, 5.74) is 3.69. The number of aliphatic hydroxyl groups is 3. The molecule has 1 amide bonds. The average Bonchev–Trinajstić information content (AvgIpc) is 3.49. The van der Waals surface area contributed by atoms with Crippen LogP contribution in [0.5, 0.6) is 0 Å². The van der Waals surface area contributed by atoms with Crippen LogP contribution in [0.3, 0.4) is 0 Å². The largest absolute Gasteiger partial charge is 0.394 e. The molecule has 1 aliphatic rings. The number of imidazole rings is 1. The van der Waals surface area contributed by atoms with E-state index < -0.39 is 6.04 Å². The molecule has 2 aromatic carbocycles. The molecular weight excluding hydrogens is 436 g/mol. The van der Waals surface area contributed by atoms with Gasteiger partial charge in [-0.1, -0.05) is 30.3 Å². The highest BCUT2D eigenvalue weighted by Gasteiger charge is 2.29. The summed E-state index contributed by atoms with van der Waals surface area (Å²) in [5.74, 6) is 0.312. The van der Waals surface area contributed by atoms with Gasteiger partial charge in [-0.3, -0.25) is 9.36 Å². The highest BCUT2D eigenvalue weighted by atomic mass is 16.5. The van der Waals surface area contributed by atoms with Gasteiger partial charge in [0.2, 0.25) is 11.9 Å². The number of hydrogen-bond acceptors (Lipinski definition) is 7. The van der Waals surface area contributed by atoms with E-state index in [0.717, 1.165) is 35.0 Å². The van der Waals surface area contributed by atoms with Gasteiger partial charge in [0.05, 0.1) is 43.0 Å². The Balaban J connectivity index is 1.47. The first-order valence-electron chi connectivity index (χ1n) is 11.4. The van der Waals surface area contributed by atoms with E-state index in [1.54, 1.807) is 6.08 Å². The Kier molecular flexibility index (Phi) is 7.91. The zero-order chi connectivity index (χ0) is 23.9. The van der Waals surface area contributed by atoms with Crippen LogP contribution in [0.2, 0.25) is 0 Å². The third kappa shape index (κ3) is 5.63. The number of aromatic nitrogens is 2. The van der Waals surface area contributed by atoms with Crippen molar-refractivity contribution in [2.24, 2.45) is 0 Å². The van der Waals surface area contributed by atoms with Gasteiger partial charge in [-0.25, -0.2) is 4.98 Å². The Bertz CT molecular complexity index is 1140. The van der Waals surface area contributed by atoms with Crippen molar-refractivity contribution < 1.29 is 24.9 Å². The second-order valence-corrected chi connectivity index (χ2v) is 8.27. The SMILES string of the molecule is O=C(/C=C/c1cccc(CNc2nc3ccccc3n2[C@H]2CC[C@@H](CO)O2)c1)NC(CO)CO. The van der Waals surface area contributed by atoms with Crippen molar-refractivity contribution >= 4 is 29.0 Å². The highest BCUT2D eigenvalue weighted by molar-refractivity contribution is 5.91. The van der Waals surface area contributed by atoms with E-state index in [9.17, 15) is 9.90 Å². The number of amides is 1. The number of rotatable bonds is 10. The van der Waals surface area contributed by atoms with Crippen LogP contribution >= 0.6 is 0 Å². The van der Waals surface area contributed by atoms with Crippen LogP contribution in [0, 0.1) is 0 Å². The maximum atomic E-state index is 12.0. The van der Waals surface area contributed by atoms with Crippen molar-refractivity contribution in [2.45, 2.75) is 37.8 Å². The lowest BCUT2D eigenvalue weighted by Crippen LogP contribution is -2.39. The molecule has 0 bridgehead atoms. The molecule has 4 rings (SSSR count). The number of benzene rings is 2. The van der Waals surface area contributed by atoms with E-state index in [4.69, 9.17) is 19.9 Å². The molecule has 0 aliphatic carbocycles. The summed E-state index contributed by atoms with van der Waals surface area (Å²) >= 11 is 0. The van der Waals surface area contributed by atoms with Crippen LogP contribution in [0.25, 0.3) is 17.1 Å². The van der Waals surface area contributed by atoms with Crippen molar-refractivity contribution in [2.75, 3.05) is 25.1 Å². The number of carbonyl (C=O) groups is 1. The average molecular weight is 467 g/mol. The number of ether oxygens (including phenoxy) is 1. The molecule has 1 saturated heterocycles. The molecule has 0 saturated carbocycles. The van der Waals surface area contributed by atoms with Gasteiger partial charge < -0.3 is 30.7 Å². The zero-order valence-corrected chi connectivity index (χ0v) is 18.8. The fraction of sp³-hybridized carbons (Fsp3) is 0.360. The Hall–Kier alpha value is -3.24. The van der Waals surface area contributed by atoms with Crippen molar-refractivity contribution in [1.29, 1.82) is 0 Å². The molecule has 5 N–H and O–H groups in total. The van der Waals surface area contributed by atoms with Crippen molar-refractivity contribution in [1.82, 2.24) is 14.9 Å². The number of para-hydroxylation sites is 2. The molecule has 1 aromatic heterocycles. The Morgan fingerprint density at radius 2 is 1.97 bits per heavy atom. The van der Waals surface area contributed by atoms with Gasteiger partial charge in [0.1, 0.15) is 6.23 Å². The standard InChI is InChI=1S/C25H30N4O5/c30-14-19(15-31)27-23(33)10-8-17-4-3-5-18(12-17)13-26-25-28-21-6-1-2-7-22(21)29(25)24-11-9-20(16-32)34-24/h1-8,10,12,19-20,24,30-32H,9,11,13-16H2,(H,26,28)(H,27,33)/b10-8+/t20-,24+/m0/s1.